The van der Waals surface area contributed by atoms with Gasteiger partial charge in [0, 0.05) is 19.8 Å². The summed E-state index contributed by atoms with van der Waals surface area (Å²) in [6, 6.07) is 0. The van der Waals surface area contributed by atoms with Gasteiger partial charge in [-0.2, -0.15) is 0 Å². The molecule has 0 atom stereocenters. The van der Waals surface area contributed by atoms with Crippen LogP contribution in [0.5, 0.6) is 0 Å². The van der Waals surface area contributed by atoms with Gasteiger partial charge in [-0.05, 0) is 62.0 Å². The predicted molar refractivity (Wildman–Crippen MR) is 94.3 cm³/mol. The molecule has 0 aromatic heterocycles. The van der Waals surface area contributed by atoms with Crippen LogP contribution in [-0.4, -0.2) is 34.9 Å². The second kappa shape index (κ2) is 5.69. The van der Waals surface area contributed by atoms with Crippen molar-refractivity contribution < 1.29 is 4.79 Å². The summed E-state index contributed by atoms with van der Waals surface area (Å²) < 4.78 is 1.88. The number of carbonyl (C=O) groups is 1. The monoisotopic (exact) mass is 377 g/mol. The van der Waals surface area contributed by atoms with Gasteiger partial charge in [-0.15, -0.1) is 0 Å². The zero-order valence-corrected chi connectivity index (χ0v) is 15.2. The highest BCUT2D eigenvalue weighted by Gasteiger charge is 2.41. The number of hydrogen-bond acceptors (Lipinski definition) is 3. The summed E-state index contributed by atoms with van der Waals surface area (Å²) in [6.45, 7) is 1.52. The molecule has 2 aliphatic heterocycles. The highest BCUT2D eigenvalue weighted by molar-refractivity contribution is 9.07. The number of allylic oxidation sites excluding steroid dienone is 2. The third kappa shape index (κ3) is 2.63. The molecule has 0 aromatic carbocycles. The van der Waals surface area contributed by atoms with Gasteiger partial charge in [-0.1, -0.05) is 0 Å². The van der Waals surface area contributed by atoms with Gasteiger partial charge in [-0.25, -0.2) is 0 Å². The van der Waals surface area contributed by atoms with Crippen LogP contribution in [0.3, 0.4) is 0 Å². The smallest absolute Gasteiger partial charge is 0.251 e. The lowest BCUT2D eigenvalue weighted by atomic mass is 9.61. The van der Waals surface area contributed by atoms with Crippen LogP contribution in [0.1, 0.15) is 38.5 Å². The van der Waals surface area contributed by atoms with E-state index in [4.69, 9.17) is 0 Å². The maximum Gasteiger partial charge on any atom is 0.251 e. The molecule has 0 unspecified atom stereocenters. The minimum absolute atomic E-state index is 0.0945. The van der Waals surface area contributed by atoms with E-state index in [0.29, 0.717) is 12.0 Å². The largest absolute Gasteiger partial charge is 0.368 e. The van der Waals surface area contributed by atoms with E-state index in [2.05, 4.69) is 32.4 Å². The Morgan fingerprint density at radius 2 is 2.04 bits per heavy atom. The van der Waals surface area contributed by atoms with Crippen molar-refractivity contribution in [1.82, 2.24) is 14.1 Å². The summed E-state index contributed by atoms with van der Waals surface area (Å²) in [5.41, 5.74) is 3.32. The average Bonchev–Trinajstić information content (AvgIpc) is 2.93. The van der Waals surface area contributed by atoms with E-state index in [1.165, 1.54) is 38.5 Å². The summed E-state index contributed by atoms with van der Waals surface area (Å²) in [7, 11) is 2.03. The van der Waals surface area contributed by atoms with Gasteiger partial charge in [0.1, 0.15) is 0 Å². The van der Waals surface area contributed by atoms with Crippen LogP contribution in [0, 0.1) is 11.3 Å². The van der Waals surface area contributed by atoms with Gasteiger partial charge < -0.3 is 10.2 Å². The van der Waals surface area contributed by atoms with Crippen molar-refractivity contribution in [2.75, 3.05) is 20.1 Å². The lowest BCUT2D eigenvalue weighted by Crippen LogP contribution is -2.44. The van der Waals surface area contributed by atoms with Crippen LogP contribution < -0.4 is 5.32 Å². The van der Waals surface area contributed by atoms with Gasteiger partial charge in [0.15, 0.2) is 0 Å². The third-order valence-electron chi connectivity index (χ3n) is 6.17. The molecule has 0 saturated heterocycles. The highest BCUT2D eigenvalue weighted by atomic mass is 79.9. The number of nitrogens with one attached hydrogen (secondary N) is 1. The van der Waals surface area contributed by atoms with Crippen LogP contribution in [0.15, 0.2) is 35.3 Å². The topological polar surface area (TPSA) is 35.6 Å². The number of halogens is 1. The van der Waals surface area contributed by atoms with Crippen molar-refractivity contribution in [2.24, 2.45) is 11.3 Å². The quantitative estimate of drug-likeness (QED) is 0.766. The maximum atomic E-state index is 12.8. The molecule has 1 N–H and O–H groups in total. The van der Waals surface area contributed by atoms with Gasteiger partial charge in [0.25, 0.3) is 5.91 Å². The van der Waals surface area contributed by atoms with E-state index < -0.39 is 0 Å². The Morgan fingerprint density at radius 1 is 1.35 bits per heavy atom. The Balaban J connectivity index is 1.48. The fraction of sp³-hybridized carbons (Fsp3) is 0.611. The first-order valence-electron chi connectivity index (χ1n) is 8.64. The van der Waals surface area contributed by atoms with E-state index in [-0.39, 0.29) is 5.91 Å². The molecule has 2 bridgehead atoms. The van der Waals surface area contributed by atoms with Crippen molar-refractivity contribution in [3.63, 3.8) is 0 Å². The van der Waals surface area contributed by atoms with E-state index in [1.54, 1.807) is 0 Å². The fourth-order valence-electron chi connectivity index (χ4n) is 4.62. The van der Waals surface area contributed by atoms with Crippen LogP contribution in [0.2, 0.25) is 0 Å². The SMILES string of the molecule is CN1CC(C(=O)NCC23CCC(CC2)CC3)=C2C1=CC=CN2Br. The Bertz CT molecular complexity index is 600. The second-order valence-electron chi connectivity index (χ2n) is 7.55. The molecule has 3 fully saturated rings. The molecular formula is C18H24BrN3O. The molecule has 5 aliphatic rings. The molecule has 0 radical (unpaired) electrons. The van der Waals surface area contributed by atoms with Crippen LogP contribution in [0.4, 0.5) is 0 Å². The summed E-state index contributed by atoms with van der Waals surface area (Å²) in [4.78, 5) is 14.9. The summed E-state index contributed by atoms with van der Waals surface area (Å²) in [5.74, 6) is 1.06. The van der Waals surface area contributed by atoms with E-state index >= 15 is 0 Å². The lowest BCUT2D eigenvalue weighted by molar-refractivity contribution is -0.118. The minimum Gasteiger partial charge on any atom is -0.368 e. The van der Waals surface area contributed by atoms with Gasteiger partial charge in [0.2, 0.25) is 0 Å². The number of rotatable bonds is 3. The standard InChI is InChI=1S/C18H24BrN3O/c1-21-11-14(16-15(21)3-2-10-22(16)19)17(23)20-12-18-7-4-13(5-8-18)6-9-18/h2-3,10,13H,4-9,11-12H2,1H3,(H,20,23). The molecule has 23 heavy (non-hydrogen) atoms. The number of carbonyl (C=O) groups excluding carboxylic acids is 1. The van der Waals surface area contributed by atoms with Crippen LogP contribution in [0.25, 0.3) is 0 Å². The number of likely N-dealkylation sites (N-methyl/N-ethyl adjacent to an activating group) is 1. The highest BCUT2D eigenvalue weighted by Crippen LogP contribution is 2.49. The Labute approximate surface area is 146 Å². The second-order valence-corrected chi connectivity index (χ2v) is 8.32. The first-order chi connectivity index (χ1) is 11.1. The van der Waals surface area contributed by atoms with Crippen LogP contribution in [-0.2, 0) is 4.79 Å². The first kappa shape index (κ1) is 15.3. The molecule has 4 nitrogen and oxygen atoms in total. The molecule has 3 aliphatic carbocycles. The number of fused-ring (bicyclic) bond motifs is 4. The summed E-state index contributed by atoms with van der Waals surface area (Å²) in [6.07, 6.45) is 14.0. The molecule has 0 aromatic rings. The summed E-state index contributed by atoms with van der Waals surface area (Å²) >= 11 is 3.53. The van der Waals surface area contributed by atoms with E-state index in [9.17, 15) is 4.79 Å². The zero-order chi connectivity index (χ0) is 16.0. The van der Waals surface area contributed by atoms with Crippen molar-refractivity contribution >= 4 is 22.1 Å². The van der Waals surface area contributed by atoms with Crippen molar-refractivity contribution in [1.29, 1.82) is 0 Å². The van der Waals surface area contributed by atoms with Gasteiger partial charge in [0.05, 0.1) is 39.7 Å². The van der Waals surface area contributed by atoms with Crippen molar-refractivity contribution in [2.45, 2.75) is 38.5 Å². The number of hydrogen-bond donors (Lipinski definition) is 1. The molecule has 3 saturated carbocycles. The molecule has 2 heterocycles. The van der Waals surface area contributed by atoms with Crippen molar-refractivity contribution in [3.05, 3.63) is 35.3 Å². The minimum atomic E-state index is 0.0945. The third-order valence-corrected chi connectivity index (χ3v) is 6.76. The normalized spacial score (nSPS) is 32.3. The number of amides is 1. The molecular weight excluding hydrogens is 354 g/mol. The van der Waals surface area contributed by atoms with E-state index in [1.807, 2.05) is 23.2 Å². The molecule has 5 rings (SSSR count). The molecule has 0 spiro atoms. The predicted octanol–water partition coefficient (Wildman–Crippen LogP) is 3.30. The Morgan fingerprint density at radius 3 is 2.74 bits per heavy atom. The first-order valence-corrected chi connectivity index (χ1v) is 9.35. The zero-order valence-electron chi connectivity index (χ0n) is 13.6. The van der Waals surface area contributed by atoms with Gasteiger partial charge >= 0.3 is 0 Å². The summed E-state index contributed by atoms with van der Waals surface area (Å²) in [5, 5.41) is 3.26. The molecule has 1 amide bonds. The fourth-order valence-corrected chi connectivity index (χ4v) is 5.15. The maximum absolute atomic E-state index is 12.8. The Kier molecular flexibility index (Phi) is 3.79. The Hall–Kier alpha value is -1.23. The average molecular weight is 378 g/mol. The molecule has 124 valence electrons. The number of nitrogens with zero attached hydrogens (tertiary/aromatic N) is 2. The van der Waals surface area contributed by atoms with Crippen molar-refractivity contribution in [3.8, 4) is 0 Å². The van der Waals surface area contributed by atoms with Gasteiger partial charge in [-0.3, -0.25) is 8.72 Å². The lowest BCUT2D eigenvalue weighted by Gasteiger charge is -2.46. The van der Waals surface area contributed by atoms with E-state index in [0.717, 1.165) is 29.4 Å². The molecule has 5 heteroatoms. The van der Waals surface area contributed by atoms with Crippen LogP contribution >= 0.6 is 16.1 Å².